The number of nitrogens with zero attached hydrogens (tertiary/aromatic N) is 5. The summed E-state index contributed by atoms with van der Waals surface area (Å²) in [6, 6.07) is 6.06. The minimum atomic E-state index is -0.0866. The van der Waals surface area contributed by atoms with Crippen LogP contribution in [0.2, 0.25) is 0 Å². The van der Waals surface area contributed by atoms with Gasteiger partial charge in [0.25, 0.3) is 0 Å². The summed E-state index contributed by atoms with van der Waals surface area (Å²) < 4.78 is 3.80. The summed E-state index contributed by atoms with van der Waals surface area (Å²) in [4.78, 5) is 29.1. The molecule has 1 fully saturated rings. The maximum Gasteiger partial charge on any atom is 0.327 e. The van der Waals surface area contributed by atoms with Gasteiger partial charge in [-0.25, -0.2) is 19.7 Å². The third-order valence-corrected chi connectivity index (χ3v) is 5.29. The Morgan fingerprint density at radius 3 is 2.73 bits per heavy atom. The second-order valence-corrected chi connectivity index (χ2v) is 6.95. The van der Waals surface area contributed by atoms with Crippen molar-refractivity contribution in [3.8, 4) is 11.5 Å². The molecule has 0 aliphatic heterocycles. The molecular formula is C19H20N6O. The van der Waals surface area contributed by atoms with Crippen LogP contribution in [0.15, 0.2) is 41.6 Å². The molecule has 0 atom stereocenters. The molecule has 4 aromatic rings. The van der Waals surface area contributed by atoms with E-state index < -0.39 is 0 Å². The average molecular weight is 348 g/mol. The van der Waals surface area contributed by atoms with Crippen LogP contribution in [-0.2, 0) is 0 Å². The van der Waals surface area contributed by atoms with Gasteiger partial charge < -0.3 is 4.98 Å². The lowest BCUT2D eigenvalue weighted by atomic mass is 10.1. The third-order valence-electron chi connectivity index (χ3n) is 5.29. The molecule has 0 aromatic carbocycles. The lowest BCUT2D eigenvalue weighted by Gasteiger charge is -2.15. The van der Waals surface area contributed by atoms with Crippen LogP contribution in [0.25, 0.3) is 28.3 Å². The number of pyridine rings is 1. The number of nitrogens with one attached hydrogen (secondary N) is 1. The standard InChI is InChI=1S/C19H20N6O/c26-19-22-14-11-21-17(15-12-20-16-9-5-6-10-24(15)16)23-18(14)25(19)13-7-3-1-2-4-8-13/h5-6,9-13H,1-4,7-8H2,(H,22,26). The van der Waals surface area contributed by atoms with E-state index >= 15 is 0 Å². The van der Waals surface area contributed by atoms with Crippen molar-refractivity contribution in [3.63, 3.8) is 0 Å². The lowest BCUT2D eigenvalue weighted by Crippen LogP contribution is -2.22. The molecular weight excluding hydrogens is 328 g/mol. The van der Waals surface area contributed by atoms with Crippen molar-refractivity contribution in [1.29, 1.82) is 0 Å². The number of hydrogen-bond acceptors (Lipinski definition) is 4. The molecule has 0 bridgehead atoms. The highest BCUT2D eigenvalue weighted by atomic mass is 16.1. The molecule has 4 aromatic heterocycles. The summed E-state index contributed by atoms with van der Waals surface area (Å²) in [5.41, 5.74) is 2.97. The van der Waals surface area contributed by atoms with Gasteiger partial charge in [-0.1, -0.05) is 31.7 Å². The van der Waals surface area contributed by atoms with Crippen LogP contribution in [-0.4, -0.2) is 28.9 Å². The molecule has 4 heterocycles. The molecule has 7 heteroatoms. The fraction of sp³-hybridized carbons (Fsp3) is 0.368. The predicted octanol–water partition coefficient (Wildman–Crippen LogP) is 3.33. The molecule has 0 amide bonds. The molecule has 7 nitrogen and oxygen atoms in total. The van der Waals surface area contributed by atoms with Gasteiger partial charge in [0.1, 0.15) is 16.9 Å². The number of aromatic amines is 1. The van der Waals surface area contributed by atoms with E-state index in [9.17, 15) is 4.79 Å². The predicted molar refractivity (Wildman–Crippen MR) is 99.1 cm³/mol. The fourth-order valence-corrected chi connectivity index (χ4v) is 3.99. The summed E-state index contributed by atoms with van der Waals surface area (Å²) in [5, 5.41) is 0. The van der Waals surface area contributed by atoms with Crippen LogP contribution in [0.3, 0.4) is 0 Å². The van der Waals surface area contributed by atoms with E-state index in [0.717, 1.165) is 37.0 Å². The fourth-order valence-electron chi connectivity index (χ4n) is 3.99. The van der Waals surface area contributed by atoms with Gasteiger partial charge in [0.05, 0.1) is 12.4 Å². The molecule has 132 valence electrons. The molecule has 1 aliphatic carbocycles. The van der Waals surface area contributed by atoms with E-state index in [4.69, 9.17) is 4.98 Å². The highest BCUT2D eigenvalue weighted by molar-refractivity contribution is 5.72. The van der Waals surface area contributed by atoms with Gasteiger partial charge in [-0.05, 0) is 25.0 Å². The number of aromatic nitrogens is 6. The Labute approximate surface area is 149 Å². The molecule has 5 rings (SSSR count). The van der Waals surface area contributed by atoms with E-state index in [1.54, 1.807) is 12.4 Å². The second-order valence-electron chi connectivity index (χ2n) is 6.95. The lowest BCUT2D eigenvalue weighted by molar-refractivity contribution is 0.441. The monoisotopic (exact) mass is 348 g/mol. The van der Waals surface area contributed by atoms with Crippen molar-refractivity contribution in [2.45, 2.75) is 44.6 Å². The van der Waals surface area contributed by atoms with E-state index in [0.29, 0.717) is 17.0 Å². The van der Waals surface area contributed by atoms with E-state index in [-0.39, 0.29) is 11.7 Å². The van der Waals surface area contributed by atoms with Crippen molar-refractivity contribution >= 4 is 16.8 Å². The Morgan fingerprint density at radius 2 is 1.88 bits per heavy atom. The van der Waals surface area contributed by atoms with Crippen LogP contribution in [0.5, 0.6) is 0 Å². The Hall–Kier alpha value is -2.96. The highest BCUT2D eigenvalue weighted by Gasteiger charge is 2.21. The first-order valence-corrected chi connectivity index (χ1v) is 9.21. The zero-order valence-corrected chi connectivity index (χ0v) is 14.4. The van der Waals surface area contributed by atoms with Gasteiger partial charge in [0.2, 0.25) is 0 Å². The Morgan fingerprint density at radius 1 is 1.04 bits per heavy atom. The molecule has 0 unspecified atom stereocenters. The topological polar surface area (TPSA) is 80.9 Å². The quantitative estimate of drug-likeness (QED) is 0.563. The molecule has 26 heavy (non-hydrogen) atoms. The van der Waals surface area contributed by atoms with Gasteiger partial charge >= 0.3 is 5.69 Å². The minimum absolute atomic E-state index is 0.0866. The van der Waals surface area contributed by atoms with Crippen LogP contribution in [0, 0.1) is 0 Å². The number of hydrogen-bond donors (Lipinski definition) is 1. The summed E-state index contributed by atoms with van der Waals surface area (Å²) in [7, 11) is 0. The molecule has 1 N–H and O–H groups in total. The summed E-state index contributed by atoms with van der Waals surface area (Å²) in [6.07, 6.45) is 12.3. The summed E-state index contributed by atoms with van der Waals surface area (Å²) >= 11 is 0. The van der Waals surface area contributed by atoms with Crippen molar-refractivity contribution in [3.05, 3.63) is 47.3 Å². The maximum atomic E-state index is 12.6. The van der Waals surface area contributed by atoms with Crippen LogP contribution < -0.4 is 5.69 Å². The highest BCUT2D eigenvalue weighted by Crippen LogP contribution is 2.28. The van der Waals surface area contributed by atoms with Crippen molar-refractivity contribution in [1.82, 2.24) is 28.9 Å². The van der Waals surface area contributed by atoms with Gasteiger partial charge in [-0.2, -0.15) is 0 Å². The molecule has 0 radical (unpaired) electrons. The van der Waals surface area contributed by atoms with Crippen LogP contribution >= 0.6 is 0 Å². The average Bonchev–Trinajstić information content (AvgIpc) is 3.11. The van der Waals surface area contributed by atoms with Gasteiger partial charge in [0.15, 0.2) is 11.5 Å². The number of fused-ring (bicyclic) bond motifs is 2. The molecule has 0 saturated heterocycles. The first kappa shape index (κ1) is 15.3. The molecule has 0 spiro atoms. The van der Waals surface area contributed by atoms with E-state index in [1.165, 1.54) is 12.8 Å². The number of rotatable bonds is 2. The second kappa shape index (κ2) is 6.09. The van der Waals surface area contributed by atoms with Gasteiger partial charge in [-0.15, -0.1) is 0 Å². The molecule has 1 saturated carbocycles. The zero-order valence-electron chi connectivity index (χ0n) is 14.4. The van der Waals surface area contributed by atoms with E-state index in [2.05, 4.69) is 15.0 Å². The first-order valence-electron chi connectivity index (χ1n) is 9.21. The van der Waals surface area contributed by atoms with Crippen LogP contribution in [0.1, 0.15) is 44.6 Å². The first-order chi connectivity index (χ1) is 12.8. The van der Waals surface area contributed by atoms with Crippen molar-refractivity contribution in [2.75, 3.05) is 0 Å². The summed E-state index contributed by atoms with van der Waals surface area (Å²) in [6.45, 7) is 0. The number of H-pyrrole nitrogens is 1. The smallest absolute Gasteiger partial charge is 0.303 e. The van der Waals surface area contributed by atoms with E-state index in [1.807, 2.05) is 33.4 Å². The van der Waals surface area contributed by atoms with Crippen molar-refractivity contribution in [2.24, 2.45) is 0 Å². The van der Waals surface area contributed by atoms with Gasteiger partial charge in [0, 0.05) is 12.2 Å². The van der Waals surface area contributed by atoms with Gasteiger partial charge in [-0.3, -0.25) is 8.97 Å². The van der Waals surface area contributed by atoms with Crippen LogP contribution in [0.4, 0.5) is 0 Å². The Kier molecular flexibility index (Phi) is 3.58. The molecule has 1 aliphatic rings. The van der Waals surface area contributed by atoms with Crippen molar-refractivity contribution < 1.29 is 0 Å². The minimum Gasteiger partial charge on any atom is -0.303 e. The largest absolute Gasteiger partial charge is 0.327 e. The Balaban J connectivity index is 1.67. The normalized spacial score (nSPS) is 16.3. The zero-order chi connectivity index (χ0) is 17.5. The third kappa shape index (κ3) is 2.42. The number of imidazole rings is 2. The summed E-state index contributed by atoms with van der Waals surface area (Å²) in [5.74, 6) is 0.581. The SMILES string of the molecule is O=c1[nH]c2cnc(-c3cnc4ccccn34)nc2n1C1CCCCCC1. The Bertz CT molecular complexity index is 1130. The maximum absolute atomic E-state index is 12.6.